The lowest BCUT2D eigenvalue weighted by atomic mass is 10.1. The first-order valence-electron chi connectivity index (χ1n) is 7.76. The molecule has 0 radical (unpaired) electrons. The largest absolute Gasteiger partial charge is 0.444 e. The Morgan fingerprint density at radius 1 is 1.21 bits per heavy atom. The van der Waals surface area contributed by atoms with Crippen molar-refractivity contribution in [1.29, 1.82) is 0 Å². The number of carbonyl (C=O) groups excluding carboxylic acids is 1. The van der Waals surface area contributed by atoms with Crippen molar-refractivity contribution in [2.45, 2.75) is 38.8 Å². The molecule has 0 spiro atoms. The smallest absolute Gasteiger partial charge is 0.407 e. The van der Waals surface area contributed by atoms with Crippen LogP contribution in [-0.4, -0.2) is 35.7 Å². The summed E-state index contributed by atoms with van der Waals surface area (Å²) in [7, 11) is 0. The molecule has 5 nitrogen and oxygen atoms in total. The van der Waals surface area contributed by atoms with E-state index < -0.39 is 30.7 Å². The van der Waals surface area contributed by atoms with Gasteiger partial charge in [0, 0.05) is 18.3 Å². The first-order chi connectivity index (χ1) is 11.1. The van der Waals surface area contributed by atoms with Gasteiger partial charge in [0.1, 0.15) is 5.60 Å². The number of halogens is 2. The minimum atomic E-state index is -3.06. The van der Waals surface area contributed by atoms with Crippen LogP contribution in [0.25, 0.3) is 10.9 Å². The Morgan fingerprint density at radius 3 is 2.67 bits per heavy atom. The third-order valence-corrected chi connectivity index (χ3v) is 3.22. The molecule has 0 aliphatic rings. The fourth-order valence-electron chi connectivity index (χ4n) is 2.18. The highest BCUT2D eigenvalue weighted by molar-refractivity contribution is 5.79. The van der Waals surface area contributed by atoms with Gasteiger partial charge < -0.3 is 20.4 Å². The fourth-order valence-corrected chi connectivity index (χ4v) is 2.18. The molecule has 1 heterocycles. The molecule has 0 fully saturated rings. The molecule has 7 heteroatoms. The maximum atomic E-state index is 13.8. The molecule has 1 aromatic carbocycles. The zero-order chi connectivity index (χ0) is 17.8. The normalized spacial score (nSPS) is 12.4. The number of hydrogen-bond acceptors (Lipinski definition) is 3. The number of fused-ring (bicyclic) bond motifs is 1. The number of carbonyl (C=O) groups is 1. The molecule has 24 heavy (non-hydrogen) atoms. The van der Waals surface area contributed by atoms with Crippen LogP contribution in [0.15, 0.2) is 30.5 Å². The summed E-state index contributed by atoms with van der Waals surface area (Å²) in [6, 6.07) is 7.66. The predicted octanol–water partition coefficient (Wildman–Crippen LogP) is 3.42. The van der Waals surface area contributed by atoms with Crippen molar-refractivity contribution in [3.63, 3.8) is 0 Å². The van der Waals surface area contributed by atoms with Crippen LogP contribution in [-0.2, 0) is 11.3 Å². The average Bonchev–Trinajstić information content (AvgIpc) is 2.91. The summed E-state index contributed by atoms with van der Waals surface area (Å²) >= 11 is 0. The number of rotatable bonds is 6. The average molecular weight is 339 g/mol. The first-order valence-corrected chi connectivity index (χ1v) is 7.76. The summed E-state index contributed by atoms with van der Waals surface area (Å²) in [6.07, 6.45) is 0.985. The van der Waals surface area contributed by atoms with Gasteiger partial charge in [0.05, 0.1) is 13.1 Å². The lowest BCUT2D eigenvalue weighted by Crippen LogP contribution is -2.44. The summed E-state index contributed by atoms with van der Waals surface area (Å²) in [5, 5.41) is 5.85. The van der Waals surface area contributed by atoms with E-state index in [0.29, 0.717) is 6.54 Å². The summed E-state index contributed by atoms with van der Waals surface area (Å²) in [4.78, 5) is 14.5. The van der Waals surface area contributed by atoms with Gasteiger partial charge in [-0.05, 0) is 49.9 Å². The van der Waals surface area contributed by atoms with Gasteiger partial charge in [0.15, 0.2) is 0 Å². The van der Waals surface area contributed by atoms with Crippen LogP contribution < -0.4 is 10.6 Å². The van der Waals surface area contributed by atoms with E-state index in [1.54, 1.807) is 20.8 Å². The van der Waals surface area contributed by atoms with E-state index >= 15 is 0 Å². The molecule has 0 unspecified atom stereocenters. The van der Waals surface area contributed by atoms with Crippen molar-refractivity contribution < 1.29 is 18.3 Å². The summed E-state index contributed by atoms with van der Waals surface area (Å²) < 4.78 is 32.5. The summed E-state index contributed by atoms with van der Waals surface area (Å²) in [5.41, 5.74) is 1.21. The minimum Gasteiger partial charge on any atom is -0.444 e. The Morgan fingerprint density at radius 2 is 1.96 bits per heavy atom. The molecule has 2 rings (SSSR count). The quantitative estimate of drug-likeness (QED) is 0.755. The Hall–Kier alpha value is -2.15. The van der Waals surface area contributed by atoms with E-state index in [1.165, 1.54) is 0 Å². The molecular formula is C17H23F2N3O2. The van der Waals surface area contributed by atoms with Crippen molar-refractivity contribution in [3.8, 4) is 0 Å². The van der Waals surface area contributed by atoms with E-state index in [-0.39, 0.29) is 0 Å². The number of alkyl halides is 2. The number of alkyl carbamates (subject to hydrolysis) is 1. The summed E-state index contributed by atoms with van der Waals surface area (Å²) in [6.45, 7) is 4.04. The van der Waals surface area contributed by atoms with Crippen molar-refractivity contribution in [2.24, 2.45) is 0 Å². The van der Waals surface area contributed by atoms with E-state index in [9.17, 15) is 13.6 Å². The number of benzene rings is 1. The first kappa shape index (κ1) is 18.2. The molecule has 1 aromatic heterocycles. The lowest BCUT2D eigenvalue weighted by molar-refractivity contribution is -0.00376. The molecule has 0 saturated heterocycles. The Kier molecular flexibility index (Phi) is 5.43. The Balaban J connectivity index is 1.76. The Bertz CT molecular complexity index is 692. The molecular weight excluding hydrogens is 316 g/mol. The molecule has 0 atom stereocenters. The van der Waals surface area contributed by atoms with Crippen LogP contribution in [0.3, 0.4) is 0 Å². The van der Waals surface area contributed by atoms with Crippen LogP contribution in [0.5, 0.6) is 0 Å². The van der Waals surface area contributed by atoms with Gasteiger partial charge >= 0.3 is 6.09 Å². The second-order valence-corrected chi connectivity index (χ2v) is 6.71. The van der Waals surface area contributed by atoms with Gasteiger partial charge in [-0.15, -0.1) is 0 Å². The van der Waals surface area contributed by atoms with Crippen LogP contribution in [0.4, 0.5) is 13.6 Å². The van der Waals surface area contributed by atoms with Gasteiger partial charge in [-0.1, -0.05) is 6.07 Å². The number of H-pyrrole nitrogens is 1. The lowest BCUT2D eigenvalue weighted by Gasteiger charge is -2.22. The maximum absolute atomic E-state index is 13.8. The number of nitrogens with one attached hydrogen (secondary N) is 3. The molecule has 1 amide bonds. The highest BCUT2D eigenvalue weighted by atomic mass is 19.3. The summed E-state index contributed by atoms with van der Waals surface area (Å²) in [5.74, 6) is -3.06. The molecule has 0 bridgehead atoms. The number of aromatic amines is 1. The third kappa shape index (κ3) is 5.81. The standard InChI is InChI=1S/C17H23F2N3O2/c1-16(2,3)24-15(23)22-11-17(18,19)10-20-9-12-4-5-14-13(8-12)6-7-21-14/h4-8,20-21H,9-11H2,1-3H3,(H,22,23). The fraction of sp³-hybridized carbons (Fsp3) is 0.471. The van der Waals surface area contributed by atoms with E-state index in [2.05, 4.69) is 15.6 Å². The number of aromatic nitrogens is 1. The molecule has 0 saturated carbocycles. The van der Waals surface area contributed by atoms with Gasteiger partial charge in [0.2, 0.25) is 0 Å². The minimum absolute atomic E-state index is 0.323. The van der Waals surface area contributed by atoms with Crippen molar-refractivity contribution in [3.05, 3.63) is 36.0 Å². The topological polar surface area (TPSA) is 66.2 Å². The zero-order valence-electron chi connectivity index (χ0n) is 14.1. The second-order valence-electron chi connectivity index (χ2n) is 6.71. The SMILES string of the molecule is CC(C)(C)OC(=O)NCC(F)(F)CNCc1ccc2[nH]ccc2c1. The van der Waals surface area contributed by atoms with Gasteiger partial charge in [-0.3, -0.25) is 0 Å². The Labute approximate surface area is 139 Å². The van der Waals surface area contributed by atoms with Crippen LogP contribution in [0.2, 0.25) is 0 Å². The molecule has 2 aromatic rings. The zero-order valence-corrected chi connectivity index (χ0v) is 14.1. The van der Waals surface area contributed by atoms with Gasteiger partial charge in [0.25, 0.3) is 5.92 Å². The van der Waals surface area contributed by atoms with Crippen molar-refractivity contribution >= 4 is 17.0 Å². The van der Waals surface area contributed by atoms with Gasteiger partial charge in [-0.2, -0.15) is 0 Å². The highest BCUT2D eigenvalue weighted by Gasteiger charge is 2.30. The van der Waals surface area contributed by atoms with Gasteiger partial charge in [-0.25, -0.2) is 13.6 Å². The number of hydrogen-bond donors (Lipinski definition) is 3. The molecule has 132 valence electrons. The highest BCUT2D eigenvalue weighted by Crippen LogP contribution is 2.15. The van der Waals surface area contributed by atoms with Crippen molar-refractivity contribution in [1.82, 2.24) is 15.6 Å². The third-order valence-electron chi connectivity index (χ3n) is 3.22. The monoisotopic (exact) mass is 339 g/mol. The van der Waals surface area contributed by atoms with Crippen LogP contribution >= 0.6 is 0 Å². The van der Waals surface area contributed by atoms with Crippen molar-refractivity contribution in [2.75, 3.05) is 13.1 Å². The maximum Gasteiger partial charge on any atom is 0.407 e. The molecule has 3 N–H and O–H groups in total. The second kappa shape index (κ2) is 7.17. The number of ether oxygens (including phenoxy) is 1. The molecule has 0 aliphatic carbocycles. The number of amides is 1. The van der Waals surface area contributed by atoms with E-state index in [4.69, 9.17) is 4.74 Å². The molecule has 0 aliphatic heterocycles. The van der Waals surface area contributed by atoms with Crippen LogP contribution in [0.1, 0.15) is 26.3 Å². The van der Waals surface area contributed by atoms with E-state index in [0.717, 1.165) is 16.5 Å². The van der Waals surface area contributed by atoms with Crippen LogP contribution in [0, 0.1) is 0 Å². The predicted molar refractivity (Wildman–Crippen MR) is 89.2 cm³/mol. The van der Waals surface area contributed by atoms with E-state index in [1.807, 2.05) is 30.5 Å².